The monoisotopic (exact) mass is 531 g/mol. The van der Waals surface area contributed by atoms with Crippen molar-refractivity contribution >= 4 is 29.2 Å². The van der Waals surface area contributed by atoms with Crippen molar-refractivity contribution < 1.29 is 23.9 Å². The molecule has 8 heteroatoms. The van der Waals surface area contributed by atoms with Crippen LogP contribution in [0.15, 0.2) is 60.7 Å². The maximum Gasteiger partial charge on any atom is 0.336 e. The van der Waals surface area contributed by atoms with E-state index in [0.29, 0.717) is 41.4 Å². The number of amides is 2. The van der Waals surface area contributed by atoms with Gasteiger partial charge in [-0.15, -0.1) is 0 Å². The fraction of sp³-hybridized carbons (Fsp3) is 0.323. The molecule has 0 aliphatic carbocycles. The van der Waals surface area contributed by atoms with Gasteiger partial charge in [0.15, 0.2) is 5.78 Å². The maximum atomic E-state index is 13.2. The number of rotatable bonds is 9. The first-order valence-electron chi connectivity index (χ1n) is 13.2. The van der Waals surface area contributed by atoms with Gasteiger partial charge in [0.05, 0.1) is 5.56 Å². The third-order valence-electron chi connectivity index (χ3n) is 7.34. The summed E-state index contributed by atoms with van der Waals surface area (Å²) >= 11 is 0. The lowest BCUT2D eigenvalue weighted by Crippen LogP contribution is -2.36. The third kappa shape index (κ3) is 7.51. The van der Waals surface area contributed by atoms with Gasteiger partial charge in [0.25, 0.3) is 0 Å². The van der Waals surface area contributed by atoms with Crippen LogP contribution in [0.3, 0.4) is 0 Å². The summed E-state index contributed by atoms with van der Waals surface area (Å²) in [5.41, 5.74) is 4.10. The highest BCUT2D eigenvalue weighted by molar-refractivity contribution is 6.03. The average Bonchev–Trinajstić information content (AvgIpc) is 2.91. The SMILES string of the molecule is CC(=O)c1cccc(NC(=O)Nc2c(C)ccc(C(=O)O)c2CCN2CCC(Cc3ccc(F)cc3)CC2)c1. The molecule has 7 nitrogen and oxygen atoms in total. The fourth-order valence-corrected chi connectivity index (χ4v) is 5.13. The van der Waals surface area contributed by atoms with Gasteiger partial charge in [0, 0.05) is 23.5 Å². The number of aryl methyl sites for hydroxylation is 1. The van der Waals surface area contributed by atoms with Crippen molar-refractivity contribution in [2.45, 2.75) is 39.5 Å². The summed E-state index contributed by atoms with van der Waals surface area (Å²) in [5, 5.41) is 15.5. The Kier molecular flexibility index (Phi) is 9.09. The lowest BCUT2D eigenvalue weighted by molar-refractivity contribution is 0.0695. The summed E-state index contributed by atoms with van der Waals surface area (Å²) in [4.78, 5) is 38.9. The van der Waals surface area contributed by atoms with Crippen LogP contribution in [0.4, 0.5) is 20.6 Å². The Morgan fingerprint density at radius 2 is 1.72 bits per heavy atom. The molecule has 2 amide bonds. The number of carboxylic acid groups (broad SMARTS) is 1. The van der Waals surface area contributed by atoms with E-state index >= 15 is 0 Å². The molecule has 1 aliphatic rings. The smallest absolute Gasteiger partial charge is 0.336 e. The number of urea groups is 1. The lowest BCUT2D eigenvalue weighted by Gasteiger charge is -2.32. The van der Waals surface area contributed by atoms with Crippen LogP contribution >= 0.6 is 0 Å². The van der Waals surface area contributed by atoms with Gasteiger partial charge in [-0.05, 0) is 106 Å². The van der Waals surface area contributed by atoms with Crippen LogP contribution in [0, 0.1) is 18.7 Å². The van der Waals surface area contributed by atoms with Crippen molar-refractivity contribution in [3.63, 3.8) is 0 Å². The van der Waals surface area contributed by atoms with Crippen LogP contribution in [0.2, 0.25) is 0 Å². The van der Waals surface area contributed by atoms with E-state index in [2.05, 4.69) is 15.5 Å². The minimum absolute atomic E-state index is 0.106. The van der Waals surface area contributed by atoms with Crippen LogP contribution in [0.25, 0.3) is 0 Å². The molecule has 0 spiro atoms. The summed E-state index contributed by atoms with van der Waals surface area (Å²) < 4.78 is 13.2. The number of piperidine rings is 1. The van der Waals surface area contributed by atoms with Gasteiger partial charge >= 0.3 is 12.0 Å². The molecular weight excluding hydrogens is 497 g/mol. The van der Waals surface area contributed by atoms with E-state index in [4.69, 9.17) is 0 Å². The van der Waals surface area contributed by atoms with Crippen LogP contribution in [-0.2, 0) is 12.8 Å². The minimum atomic E-state index is -1.04. The molecule has 1 saturated heterocycles. The summed E-state index contributed by atoms with van der Waals surface area (Å²) in [6.07, 6.45) is 3.43. The molecule has 0 radical (unpaired) electrons. The molecule has 3 N–H and O–H groups in total. The predicted octanol–water partition coefficient (Wildman–Crippen LogP) is 6.18. The number of nitrogens with zero attached hydrogens (tertiary/aromatic N) is 1. The van der Waals surface area contributed by atoms with Gasteiger partial charge in [-0.25, -0.2) is 14.0 Å². The number of nitrogens with one attached hydrogen (secondary N) is 2. The first kappa shape index (κ1) is 28.0. The molecule has 0 atom stereocenters. The Morgan fingerprint density at radius 1 is 1.00 bits per heavy atom. The van der Waals surface area contributed by atoms with E-state index in [0.717, 1.165) is 43.5 Å². The van der Waals surface area contributed by atoms with Crippen LogP contribution in [-0.4, -0.2) is 47.4 Å². The normalized spacial score (nSPS) is 14.1. The standard InChI is InChI=1S/C31H34FN3O4/c1-20-6-11-28(30(37)38)27(29(20)34-31(39)33-26-5-3-4-24(19-26)21(2)36)14-17-35-15-12-23(13-16-35)18-22-7-9-25(32)10-8-22/h3-11,19,23H,12-18H2,1-2H3,(H,37,38)(H2,33,34,39). The highest BCUT2D eigenvalue weighted by Crippen LogP contribution is 2.28. The molecule has 1 fully saturated rings. The van der Waals surface area contributed by atoms with Gasteiger partial charge in [-0.3, -0.25) is 4.79 Å². The van der Waals surface area contributed by atoms with Crippen molar-refractivity contribution in [1.82, 2.24) is 4.90 Å². The van der Waals surface area contributed by atoms with E-state index in [1.54, 1.807) is 36.4 Å². The molecule has 3 aromatic rings. The molecule has 1 heterocycles. The Balaban J connectivity index is 1.41. The number of hydrogen-bond acceptors (Lipinski definition) is 4. The Bertz CT molecular complexity index is 1350. The molecule has 0 saturated carbocycles. The summed E-state index contributed by atoms with van der Waals surface area (Å²) in [5.74, 6) is -0.840. The number of aromatic carboxylic acids is 1. The number of hydrogen-bond donors (Lipinski definition) is 3. The van der Waals surface area contributed by atoms with Crippen molar-refractivity contribution in [2.24, 2.45) is 5.92 Å². The quantitative estimate of drug-likeness (QED) is 0.287. The summed E-state index contributed by atoms with van der Waals surface area (Å²) in [6, 6.07) is 16.1. The molecule has 0 bridgehead atoms. The van der Waals surface area contributed by atoms with E-state index in [9.17, 15) is 23.9 Å². The first-order valence-corrected chi connectivity index (χ1v) is 13.2. The third-order valence-corrected chi connectivity index (χ3v) is 7.34. The van der Waals surface area contributed by atoms with Crippen LogP contribution in [0.1, 0.15) is 57.2 Å². The highest BCUT2D eigenvalue weighted by Gasteiger charge is 2.22. The first-order chi connectivity index (χ1) is 18.7. The maximum absolute atomic E-state index is 13.2. The molecule has 0 unspecified atom stereocenters. The number of carboxylic acids is 1. The van der Waals surface area contributed by atoms with Crippen molar-refractivity contribution in [3.8, 4) is 0 Å². The number of halogens is 1. The van der Waals surface area contributed by atoms with Crippen LogP contribution in [0.5, 0.6) is 0 Å². The predicted molar refractivity (Wildman–Crippen MR) is 150 cm³/mol. The van der Waals surface area contributed by atoms with Crippen LogP contribution < -0.4 is 10.6 Å². The second kappa shape index (κ2) is 12.7. The summed E-state index contributed by atoms with van der Waals surface area (Å²) in [7, 11) is 0. The van der Waals surface area contributed by atoms with E-state index in [1.165, 1.54) is 19.1 Å². The summed E-state index contributed by atoms with van der Waals surface area (Å²) in [6.45, 7) is 5.76. The van der Waals surface area contributed by atoms with Crippen molar-refractivity contribution in [1.29, 1.82) is 0 Å². The van der Waals surface area contributed by atoms with E-state index in [1.807, 2.05) is 19.1 Å². The lowest BCUT2D eigenvalue weighted by atomic mass is 9.90. The highest BCUT2D eigenvalue weighted by atomic mass is 19.1. The average molecular weight is 532 g/mol. The van der Waals surface area contributed by atoms with E-state index < -0.39 is 12.0 Å². The molecule has 1 aliphatic heterocycles. The molecule has 3 aromatic carbocycles. The molecule has 4 rings (SSSR count). The number of Topliss-reactive ketones (excluding diaryl/α,β-unsaturated/α-hetero) is 1. The number of ketones is 1. The number of likely N-dealkylation sites (tertiary alicyclic amines) is 1. The fourth-order valence-electron chi connectivity index (χ4n) is 5.13. The minimum Gasteiger partial charge on any atom is -0.478 e. The Hall–Kier alpha value is -4.04. The van der Waals surface area contributed by atoms with Gasteiger partial charge in [0.1, 0.15) is 5.82 Å². The molecule has 39 heavy (non-hydrogen) atoms. The topological polar surface area (TPSA) is 98.7 Å². The van der Waals surface area contributed by atoms with Crippen molar-refractivity contribution in [2.75, 3.05) is 30.3 Å². The van der Waals surface area contributed by atoms with Gasteiger partial charge in [0.2, 0.25) is 0 Å². The molecular formula is C31H34FN3O4. The largest absolute Gasteiger partial charge is 0.478 e. The molecule has 0 aromatic heterocycles. The number of benzene rings is 3. The Morgan fingerprint density at radius 3 is 2.38 bits per heavy atom. The van der Waals surface area contributed by atoms with Gasteiger partial charge in [-0.1, -0.05) is 30.3 Å². The zero-order valence-electron chi connectivity index (χ0n) is 22.3. The number of anilines is 2. The van der Waals surface area contributed by atoms with E-state index in [-0.39, 0.29) is 17.2 Å². The Labute approximate surface area is 228 Å². The zero-order chi connectivity index (χ0) is 27.9. The number of carbonyl (C=O) groups excluding carboxylic acids is 2. The van der Waals surface area contributed by atoms with Gasteiger partial charge < -0.3 is 20.6 Å². The second-order valence-electron chi connectivity index (χ2n) is 10.2. The number of carbonyl (C=O) groups is 3. The molecule has 204 valence electrons. The van der Waals surface area contributed by atoms with Gasteiger partial charge in [-0.2, -0.15) is 0 Å². The van der Waals surface area contributed by atoms with Crippen molar-refractivity contribution in [3.05, 3.63) is 94.3 Å². The zero-order valence-corrected chi connectivity index (χ0v) is 22.3. The second-order valence-corrected chi connectivity index (χ2v) is 10.2.